The van der Waals surface area contributed by atoms with E-state index < -0.39 is 43.8 Å². The molecule has 10 heteroatoms. The zero-order valence-corrected chi connectivity index (χ0v) is 26.2. The monoisotopic (exact) mass is 615 g/mol. The molecule has 0 bridgehead atoms. The molecule has 0 aliphatic carbocycles. The first kappa shape index (κ1) is 32.8. The number of nitrogens with zero attached hydrogens (tertiary/aromatic N) is 1. The molecule has 3 aromatic carbocycles. The van der Waals surface area contributed by atoms with Crippen LogP contribution in [0, 0.1) is 22.0 Å². The molecule has 230 valence electrons. The number of nitro benzene ring substituents is 1. The Kier molecular flexibility index (Phi) is 10.9. The van der Waals surface area contributed by atoms with Gasteiger partial charge in [-0.2, -0.15) is 0 Å². The van der Waals surface area contributed by atoms with Gasteiger partial charge in [0, 0.05) is 18.7 Å². The summed E-state index contributed by atoms with van der Waals surface area (Å²) >= 11 is 0. The number of carbonyl (C=O) groups excluding carboxylic acids is 1. The van der Waals surface area contributed by atoms with E-state index in [2.05, 4.69) is 56.9 Å². The van der Waals surface area contributed by atoms with Gasteiger partial charge in [-0.25, -0.2) is 4.79 Å². The van der Waals surface area contributed by atoms with Crippen molar-refractivity contribution in [2.75, 3.05) is 13.2 Å². The standard InChI is InChI=1S/C34H37NO8Si/c1-5-40-31-23-22-30(43-44(34(2,3)4,27-13-8-6-9-14-27)28-15-10-7-11-16-28)32(42-31)29(36)17-12-24-41-33(37)25-18-20-26(21-19-25)35(38)39/h6-11,13-16,18-23,29-32,36H,5,24H2,1-4H3/t29-,30+,31+,32-/m1/s1. The molecule has 4 atom stereocenters. The third-order valence-electron chi connectivity index (χ3n) is 7.28. The molecule has 0 saturated carbocycles. The lowest BCUT2D eigenvalue weighted by Crippen LogP contribution is -2.69. The van der Waals surface area contributed by atoms with Gasteiger partial charge < -0.3 is 23.7 Å². The highest BCUT2D eigenvalue weighted by molar-refractivity contribution is 6.99. The van der Waals surface area contributed by atoms with Gasteiger partial charge in [0.1, 0.15) is 12.2 Å². The van der Waals surface area contributed by atoms with E-state index in [1.54, 1.807) is 6.08 Å². The minimum absolute atomic E-state index is 0.133. The van der Waals surface area contributed by atoms with Crippen LogP contribution in [-0.4, -0.2) is 62.1 Å². The Hall–Kier alpha value is -4.11. The van der Waals surface area contributed by atoms with Gasteiger partial charge >= 0.3 is 5.97 Å². The summed E-state index contributed by atoms with van der Waals surface area (Å²) in [5.41, 5.74) is 0.0169. The number of aliphatic hydroxyl groups is 1. The summed E-state index contributed by atoms with van der Waals surface area (Å²) < 4.78 is 24.3. The molecule has 1 aliphatic rings. The minimum Gasteiger partial charge on any atom is -0.449 e. The van der Waals surface area contributed by atoms with Crippen molar-refractivity contribution in [2.45, 2.75) is 57.3 Å². The van der Waals surface area contributed by atoms with Crippen LogP contribution >= 0.6 is 0 Å². The Labute approximate surface area is 258 Å². The van der Waals surface area contributed by atoms with Crippen LogP contribution in [0.25, 0.3) is 0 Å². The van der Waals surface area contributed by atoms with E-state index in [9.17, 15) is 20.0 Å². The highest BCUT2D eigenvalue weighted by Crippen LogP contribution is 2.39. The summed E-state index contributed by atoms with van der Waals surface area (Å²) in [7, 11) is -3.01. The number of aliphatic hydroxyl groups excluding tert-OH is 1. The quantitative estimate of drug-likeness (QED) is 0.0892. The summed E-state index contributed by atoms with van der Waals surface area (Å²) in [5.74, 6) is 4.75. The van der Waals surface area contributed by atoms with E-state index in [0.29, 0.717) is 6.61 Å². The molecule has 4 rings (SSSR count). The van der Waals surface area contributed by atoms with E-state index in [1.165, 1.54) is 24.3 Å². The summed E-state index contributed by atoms with van der Waals surface area (Å²) in [6, 6.07) is 25.4. The first-order valence-corrected chi connectivity index (χ1v) is 16.3. The van der Waals surface area contributed by atoms with Crippen molar-refractivity contribution in [1.82, 2.24) is 0 Å². The Bertz CT molecular complexity index is 1450. The molecule has 0 saturated heterocycles. The summed E-state index contributed by atoms with van der Waals surface area (Å²) in [5, 5.41) is 24.0. The smallest absolute Gasteiger partial charge is 0.339 e. The highest BCUT2D eigenvalue weighted by atomic mass is 28.4. The van der Waals surface area contributed by atoms with Crippen LogP contribution in [-0.2, 0) is 18.6 Å². The number of rotatable bonds is 10. The maximum Gasteiger partial charge on any atom is 0.339 e. The van der Waals surface area contributed by atoms with Gasteiger partial charge in [0.25, 0.3) is 14.0 Å². The average Bonchev–Trinajstić information content (AvgIpc) is 3.02. The maximum atomic E-state index is 12.4. The molecule has 3 aromatic rings. The second-order valence-corrected chi connectivity index (χ2v) is 15.5. The molecule has 1 aliphatic heterocycles. The fourth-order valence-electron chi connectivity index (χ4n) is 5.23. The lowest BCUT2D eigenvalue weighted by Gasteiger charge is -2.47. The molecular weight excluding hydrogens is 578 g/mol. The number of hydrogen-bond donors (Lipinski definition) is 1. The van der Waals surface area contributed by atoms with E-state index in [1.807, 2.05) is 49.4 Å². The Morgan fingerprint density at radius 1 is 1.00 bits per heavy atom. The number of nitro groups is 1. The van der Waals surface area contributed by atoms with Gasteiger partial charge in [-0.3, -0.25) is 10.1 Å². The second-order valence-electron chi connectivity index (χ2n) is 11.2. The van der Waals surface area contributed by atoms with Crippen molar-refractivity contribution in [3.63, 3.8) is 0 Å². The summed E-state index contributed by atoms with van der Waals surface area (Å²) in [6.45, 7) is 8.46. The van der Waals surface area contributed by atoms with Crippen LogP contribution in [0.15, 0.2) is 97.1 Å². The van der Waals surface area contributed by atoms with Crippen LogP contribution in [0.5, 0.6) is 0 Å². The first-order chi connectivity index (χ1) is 21.1. The molecule has 1 heterocycles. The highest BCUT2D eigenvalue weighted by Gasteiger charge is 2.53. The van der Waals surface area contributed by atoms with Crippen molar-refractivity contribution >= 4 is 30.3 Å². The Morgan fingerprint density at radius 2 is 1.59 bits per heavy atom. The van der Waals surface area contributed by atoms with Crippen LogP contribution < -0.4 is 10.4 Å². The molecule has 0 unspecified atom stereocenters. The summed E-state index contributed by atoms with van der Waals surface area (Å²) in [6.07, 6.45) is 0.0766. The number of esters is 1. The van der Waals surface area contributed by atoms with Gasteiger partial charge in [0.05, 0.1) is 16.6 Å². The van der Waals surface area contributed by atoms with E-state index in [-0.39, 0.29) is 22.9 Å². The number of carbonyl (C=O) groups is 1. The van der Waals surface area contributed by atoms with Crippen molar-refractivity contribution in [2.24, 2.45) is 0 Å². The van der Waals surface area contributed by atoms with Crippen molar-refractivity contribution in [3.05, 3.63) is 113 Å². The van der Waals surface area contributed by atoms with E-state index >= 15 is 0 Å². The lowest BCUT2D eigenvalue weighted by atomic mass is 10.1. The second kappa shape index (κ2) is 14.6. The third-order valence-corrected chi connectivity index (χ3v) is 12.3. The largest absolute Gasteiger partial charge is 0.449 e. The zero-order chi connectivity index (χ0) is 31.7. The predicted octanol–water partition coefficient (Wildman–Crippen LogP) is 4.38. The van der Waals surface area contributed by atoms with E-state index in [4.69, 9.17) is 18.6 Å². The molecule has 9 nitrogen and oxygen atoms in total. The molecule has 0 spiro atoms. The van der Waals surface area contributed by atoms with Gasteiger partial charge in [0.2, 0.25) is 0 Å². The molecular formula is C34H37NO8Si. The van der Waals surface area contributed by atoms with Crippen LogP contribution in [0.1, 0.15) is 38.1 Å². The SMILES string of the molecule is CCO[C@@H]1C=C[C@H](O[Si](c2ccccc2)(c2ccccc2)C(C)(C)C)[C@@H]([C@H](O)C#CCOC(=O)c2ccc([N+](=O)[O-])cc2)O1. The van der Waals surface area contributed by atoms with Gasteiger partial charge in [-0.15, -0.1) is 0 Å². The first-order valence-electron chi connectivity index (χ1n) is 14.4. The number of ether oxygens (including phenoxy) is 3. The Balaban J connectivity index is 1.60. The van der Waals surface area contributed by atoms with Gasteiger partial charge in [-0.1, -0.05) is 99.4 Å². The van der Waals surface area contributed by atoms with Crippen molar-refractivity contribution in [3.8, 4) is 11.8 Å². The molecule has 1 N–H and O–H groups in total. The topological polar surface area (TPSA) is 117 Å². The van der Waals surface area contributed by atoms with Crippen LogP contribution in [0.4, 0.5) is 5.69 Å². The molecule has 0 fully saturated rings. The number of hydrogen-bond acceptors (Lipinski definition) is 8. The lowest BCUT2D eigenvalue weighted by molar-refractivity contribution is -0.384. The molecule has 0 radical (unpaired) electrons. The van der Waals surface area contributed by atoms with Crippen LogP contribution in [0.2, 0.25) is 5.04 Å². The fourth-order valence-corrected chi connectivity index (χ4v) is 9.87. The average molecular weight is 616 g/mol. The minimum atomic E-state index is -3.01. The third kappa shape index (κ3) is 7.50. The molecule has 0 amide bonds. The van der Waals surface area contributed by atoms with Gasteiger partial charge in [0.15, 0.2) is 12.9 Å². The predicted molar refractivity (Wildman–Crippen MR) is 169 cm³/mol. The van der Waals surface area contributed by atoms with E-state index in [0.717, 1.165) is 10.4 Å². The van der Waals surface area contributed by atoms with Crippen LogP contribution in [0.3, 0.4) is 0 Å². The van der Waals surface area contributed by atoms with Gasteiger partial charge in [-0.05, 0) is 40.5 Å². The molecule has 44 heavy (non-hydrogen) atoms. The number of non-ortho nitro benzene ring substituents is 1. The zero-order valence-electron chi connectivity index (χ0n) is 25.2. The maximum absolute atomic E-state index is 12.4. The Morgan fingerprint density at radius 3 is 2.11 bits per heavy atom. The normalized spacial score (nSPS) is 19.0. The molecule has 0 aromatic heterocycles. The fraction of sp³-hybridized carbons (Fsp3) is 0.324. The van der Waals surface area contributed by atoms with Crippen molar-refractivity contribution in [1.29, 1.82) is 0 Å². The summed E-state index contributed by atoms with van der Waals surface area (Å²) in [4.78, 5) is 22.7. The number of benzene rings is 3. The van der Waals surface area contributed by atoms with Crippen molar-refractivity contribution < 1.29 is 33.5 Å².